The fourth-order valence-electron chi connectivity index (χ4n) is 3.95. The van der Waals surface area contributed by atoms with Gasteiger partial charge in [-0.1, -0.05) is 42.1 Å². The Hall–Kier alpha value is -1.93. The van der Waals surface area contributed by atoms with Crippen molar-refractivity contribution in [3.8, 4) is 0 Å². The molecule has 0 saturated carbocycles. The number of rotatable bonds is 7. The van der Waals surface area contributed by atoms with Crippen LogP contribution in [-0.4, -0.2) is 62.6 Å². The zero-order chi connectivity index (χ0) is 19.2. The van der Waals surface area contributed by atoms with Crippen LogP contribution in [-0.2, 0) is 22.5 Å². The van der Waals surface area contributed by atoms with Crippen molar-refractivity contribution < 1.29 is 9.53 Å². The topological polar surface area (TPSA) is 73.1 Å². The molecule has 150 valence electrons. The molecule has 2 aliphatic heterocycles. The predicted octanol–water partition coefficient (Wildman–Crippen LogP) is 2.43. The van der Waals surface area contributed by atoms with Crippen LogP contribution in [0.3, 0.4) is 0 Å². The van der Waals surface area contributed by atoms with Crippen LogP contribution in [0.1, 0.15) is 31.2 Å². The van der Waals surface area contributed by atoms with Gasteiger partial charge in [-0.15, -0.1) is 5.10 Å². The SMILES string of the molecule is O=C(CSc1nnnn1CC1CCCO1)N1CCC(Cc2ccccc2)CC1. The van der Waals surface area contributed by atoms with E-state index in [1.165, 1.54) is 17.3 Å². The number of amides is 1. The van der Waals surface area contributed by atoms with Crippen LogP contribution in [0.2, 0.25) is 0 Å². The molecule has 0 N–H and O–H groups in total. The van der Waals surface area contributed by atoms with Crippen LogP contribution in [0.4, 0.5) is 0 Å². The van der Waals surface area contributed by atoms with Gasteiger partial charge in [0, 0.05) is 19.7 Å². The van der Waals surface area contributed by atoms with E-state index in [1.54, 1.807) is 4.68 Å². The van der Waals surface area contributed by atoms with Gasteiger partial charge in [-0.2, -0.15) is 0 Å². The molecule has 2 fully saturated rings. The molecular weight excluding hydrogens is 374 g/mol. The van der Waals surface area contributed by atoms with E-state index in [1.807, 2.05) is 4.90 Å². The summed E-state index contributed by atoms with van der Waals surface area (Å²) in [6.45, 7) is 3.16. The van der Waals surface area contributed by atoms with Crippen LogP contribution >= 0.6 is 11.8 Å². The lowest BCUT2D eigenvalue weighted by Crippen LogP contribution is -2.39. The molecule has 0 aliphatic carbocycles. The number of thioether (sulfide) groups is 1. The zero-order valence-electron chi connectivity index (χ0n) is 16.1. The highest BCUT2D eigenvalue weighted by Crippen LogP contribution is 2.23. The van der Waals surface area contributed by atoms with Crippen LogP contribution in [0, 0.1) is 5.92 Å². The Kier molecular flexibility index (Phi) is 6.59. The van der Waals surface area contributed by atoms with Gasteiger partial charge >= 0.3 is 0 Å². The third-order valence-electron chi connectivity index (χ3n) is 5.56. The second-order valence-electron chi connectivity index (χ2n) is 7.58. The number of hydrogen-bond donors (Lipinski definition) is 0. The van der Waals surface area contributed by atoms with Crippen LogP contribution in [0.15, 0.2) is 35.5 Å². The van der Waals surface area contributed by atoms with Crippen LogP contribution < -0.4 is 0 Å². The molecule has 0 radical (unpaired) electrons. The van der Waals surface area contributed by atoms with E-state index < -0.39 is 0 Å². The first-order valence-corrected chi connectivity index (χ1v) is 11.1. The molecule has 1 amide bonds. The minimum Gasteiger partial charge on any atom is -0.376 e. The van der Waals surface area contributed by atoms with E-state index in [0.29, 0.717) is 23.4 Å². The summed E-state index contributed by atoms with van der Waals surface area (Å²) in [6.07, 6.45) is 5.57. The molecular formula is C20H27N5O2S. The minimum absolute atomic E-state index is 0.176. The largest absolute Gasteiger partial charge is 0.376 e. The highest BCUT2D eigenvalue weighted by Gasteiger charge is 2.24. The van der Waals surface area contributed by atoms with Crippen molar-refractivity contribution in [1.29, 1.82) is 0 Å². The van der Waals surface area contributed by atoms with Gasteiger partial charge in [0.25, 0.3) is 0 Å². The van der Waals surface area contributed by atoms with Gasteiger partial charge in [0.1, 0.15) is 0 Å². The summed E-state index contributed by atoms with van der Waals surface area (Å²) in [5.74, 6) is 1.22. The lowest BCUT2D eigenvalue weighted by atomic mass is 9.90. The molecule has 3 heterocycles. The van der Waals surface area contributed by atoms with Crippen molar-refractivity contribution in [2.24, 2.45) is 5.92 Å². The van der Waals surface area contributed by atoms with E-state index >= 15 is 0 Å². The van der Waals surface area contributed by atoms with Crippen LogP contribution in [0.25, 0.3) is 0 Å². The van der Waals surface area contributed by atoms with Gasteiger partial charge in [0.05, 0.1) is 18.4 Å². The Bertz CT molecular complexity index is 755. The molecule has 1 atom stereocenters. The van der Waals surface area contributed by atoms with Gasteiger partial charge in [-0.3, -0.25) is 4.79 Å². The van der Waals surface area contributed by atoms with Gasteiger partial charge in [-0.05, 0) is 54.0 Å². The van der Waals surface area contributed by atoms with Gasteiger partial charge < -0.3 is 9.64 Å². The number of hydrogen-bond acceptors (Lipinski definition) is 6. The zero-order valence-corrected chi connectivity index (χ0v) is 16.9. The smallest absolute Gasteiger partial charge is 0.233 e. The number of aromatic nitrogens is 4. The maximum absolute atomic E-state index is 12.6. The number of carbonyl (C=O) groups excluding carboxylic acids is 1. The monoisotopic (exact) mass is 401 g/mol. The minimum atomic E-state index is 0.176. The first-order valence-electron chi connectivity index (χ1n) is 10.1. The molecule has 2 saturated heterocycles. The van der Waals surface area contributed by atoms with E-state index in [0.717, 1.165) is 51.8 Å². The van der Waals surface area contributed by atoms with Crippen molar-refractivity contribution in [3.05, 3.63) is 35.9 Å². The molecule has 7 nitrogen and oxygen atoms in total. The second-order valence-corrected chi connectivity index (χ2v) is 8.52. The quantitative estimate of drug-likeness (QED) is 0.664. The Labute approximate surface area is 169 Å². The maximum atomic E-state index is 12.6. The van der Waals surface area contributed by atoms with E-state index in [-0.39, 0.29) is 12.0 Å². The maximum Gasteiger partial charge on any atom is 0.233 e. The average molecular weight is 402 g/mol. The first kappa shape index (κ1) is 19.4. The molecule has 2 aromatic rings. The molecule has 2 aliphatic rings. The molecule has 0 spiro atoms. The highest BCUT2D eigenvalue weighted by molar-refractivity contribution is 7.99. The average Bonchev–Trinajstić information content (AvgIpc) is 3.40. The highest BCUT2D eigenvalue weighted by atomic mass is 32.2. The van der Waals surface area contributed by atoms with Crippen molar-refractivity contribution in [2.45, 2.75) is 49.9 Å². The summed E-state index contributed by atoms with van der Waals surface area (Å²) in [5, 5.41) is 12.6. The van der Waals surface area contributed by atoms with Crippen LogP contribution in [0.5, 0.6) is 0 Å². The van der Waals surface area contributed by atoms with E-state index in [2.05, 4.69) is 45.9 Å². The normalized spacial score (nSPS) is 20.6. The summed E-state index contributed by atoms with van der Waals surface area (Å²) in [6, 6.07) is 10.6. The number of carbonyl (C=O) groups is 1. The summed E-state index contributed by atoms with van der Waals surface area (Å²) in [5.41, 5.74) is 1.39. The van der Waals surface area contributed by atoms with Crippen molar-refractivity contribution in [2.75, 3.05) is 25.4 Å². The third-order valence-corrected chi connectivity index (χ3v) is 6.50. The summed E-state index contributed by atoms with van der Waals surface area (Å²) in [4.78, 5) is 14.6. The van der Waals surface area contributed by atoms with Crippen molar-refractivity contribution >= 4 is 17.7 Å². The first-order chi connectivity index (χ1) is 13.8. The van der Waals surface area contributed by atoms with Crippen molar-refractivity contribution in [1.82, 2.24) is 25.1 Å². The fraction of sp³-hybridized carbons (Fsp3) is 0.600. The molecule has 4 rings (SSSR count). The lowest BCUT2D eigenvalue weighted by Gasteiger charge is -2.32. The lowest BCUT2D eigenvalue weighted by molar-refractivity contribution is -0.129. The van der Waals surface area contributed by atoms with E-state index in [4.69, 9.17) is 4.74 Å². The number of tetrazole rings is 1. The molecule has 8 heteroatoms. The molecule has 1 unspecified atom stereocenters. The molecule has 0 bridgehead atoms. The molecule has 1 aromatic carbocycles. The van der Waals surface area contributed by atoms with Gasteiger partial charge in [0.15, 0.2) is 0 Å². The Morgan fingerprint density at radius 2 is 2.00 bits per heavy atom. The number of nitrogens with zero attached hydrogens (tertiary/aromatic N) is 5. The third kappa shape index (κ3) is 5.11. The number of piperidine rings is 1. The Balaban J connectivity index is 1.21. The Morgan fingerprint density at radius 1 is 1.18 bits per heavy atom. The summed E-state index contributed by atoms with van der Waals surface area (Å²) >= 11 is 1.42. The molecule has 1 aromatic heterocycles. The predicted molar refractivity (Wildman–Crippen MR) is 107 cm³/mol. The number of benzene rings is 1. The molecule has 28 heavy (non-hydrogen) atoms. The van der Waals surface area contributed by atoms with Gasteiger partial charge in [-0.25, -0.2) is 4.68 Å². The van der Waals surface area contributed by atoms with Gasteiger partial charge in [0.2, 0.25) is 11.1 Å². The Morgan fingerprint density at radius 3 is 2.75 bits per heavy atom. The summed E-state index contributed by atoms with van der Waals surface area (Å²) < 4.78 is 7.42. The fourth-order valence-corrected chi connectivity index (χ4v) is 4.74. The van der Waals surface area contributed by atoms with E-state index in [9.17, 15) is 4.79 Å². The standard InChI is InChI=1S/C20H27N5O2S/c26-19(15-28-20-21-22-23-25(20)14-18-7-4-12-27-18)24-10-8-17(9-11-24)13-16-5-2-1-3-6-16/h1-3,5-6,17-18H,4,7-15H2. The van der Waals surface area contributed by atoms with Crippen molar-refractivity contribution in [3.63, 3.8) is 0 Å². The number of ether oxygens (including phenoxy) is 1. The second kappa shape index (κ2) is 9.52. The number of likely N-dealkylation sites (tertiary alicyclic amines) is 1. The summed E-state index contributed by atoms with van der Waals surface area (Å²) in [7, 11) is 0.